The maximum absolute atomic E-state index is 13.1. The molecule has 0 aliphatic carbocycles. The van der Waals surface area contributed by atoms with Crippen LogP contribution in [-0.4, -0.2) is 64.9 Å². The molecular formula is C20H24ClN5O3S. The number of aromatic hydroxyl groups is 1. The number of halogens is 1. The van der Waals surface area contributed by atoms with Crippen LogP contribution in [0.5, 0.6) is 5.75 Å². The average molecular weight is 450 g/mol. The van der Waals surface area contributed by atoms with E-state index >= 15 is 0 Å². The van der Waals surface area contributed by atoms with Crippen LogP contribution in [0.1, 0.15) is 13.8 Å². The number of fused-ring (bicyclic) bond motifs is 1. The number of piperazine rings is 1. The highest BCUT2D eigenvalue weighted by molar-refractivity contribution is 7.89. The lowest BCUT2D eigenvalue weighted by molar-refractivity contribution is 0.154. The molecular weight excluding hydrogens is 426 g/mol. The van der Waals surface area contributed by atoms with E-state index in [-0.39, 0.29) is 10.6 Å². The Kier molecular flexibility index (Phi) is 5.63. The quantitative estimate of drug-likeness (QED) is 0.516. The van der Waals surface area contributed by atoms with E-state index in [1.807, 2.05) is 0 Å². The number of rotatable bonds is 5. The van der Waals surface area contributed by atoms with E-state index in [0.29, 0.717) is 46.8 Å². The normalized spacial score (nSPS) is 16.4. The molecule has 0 spiro atoms. The molecule has 1 aliphatic rings. The first kappa shape index (κ1) is 20.9. The first-order valence-corrected chi connectivity index (χ1v) is 11.6. The summed E-state index contributed by atoms with van der Waals surface area (Å²) >= 11 is 5.98. The summed E-state index contributed by atoms with van der Waals surface area (Å²) in [5, 5.41) is 13.4. The summed E-state index contributed by atoms with van der Waals surface area (Å²) in [7, 11) is -3.59. The lowest BCUT2D eigenvalue weighted by atomic mass is 10.3. The van der Waals surface area contributed by atoms with Gasteiger partial charge in [-0.25, -0.2) is 13.4 Å². The number of hydrogen-bond donors (Lipinski definition) is 3. The molecule has 1 saturated heterocycles. The largest absolute Gasteiger partial charge is 0.506 e. The van der Waals surface area contributed by atoms with E-state index in [9.17, 15) is 13.5 Å². The van der Waals surface area contributed by atoms with E-state index in [1.165, 1.54) is 10.4 Å². The summed E-state index contributed by atoms with van der Waals surface area (Å²) < 4.78 is 27.7. The van der Waals surface area contributed by atoms with Crippen LogP contribution >= 0.6 is 11.6 Å². The van der Waals surface area contributed by atoms with Crippen LogP contribution in [0.25, 0.3) is 11.0 Å². The smallest absolute Gasteiger partial charge is 0.243 e. The number of imidazole rings is 1. The molecule has 0 unspecified atom stereocenters. The number of phenols is 1. The predicted molar refractivity (Wildman–Crippen MR) is 118 cm³/mol. The number of sulfonamides is 1. The molecule has 1 aromatic heterocycles. The highest BCUT2D eigenvalue weighted by Gasteiger charge is 2.29. The Balaban J connectivity index is 1.57. The second-order valence-corrected chi connectivity index (χ2v) is 9.96. The van der Waals surface area contributed by atoms with Crippen molar-refractivity contribution in [2.45, 2.75) is 24.8 Å². The van der Waals surface area contributed by atoms with Gasteiger partial charge in [0.25, 0.3) is 0 Å². The number of benzene rings is 2. The lowest BCUT2D eigenvalue weighted by Crippen LogP contribution is -2.50. The van der Waals surface area contributed by atoms with E-state index in [4.69, 9.17) is 11.6 Å². The standard InChI is InChI=1S/C20H24ClN5O3S/c1-13(2)25-7-9-26(10-8-25)30(28,29)15-4-5-16-17(12-15)23-20(22-16)24-18-11-14(21)3-6-19(18)27/h3-6,11-13,27H,7-10H2,1-2H3,(H2,22,23,24). The van der Waals surface area contributed by atoms with Crippen molar-refractivity contribution < 1.29 is 13.5 Å². The van der Waals surface area contributed by atoms with Crippen LogP contribution in [0.4, 0.5) is 11.6 Å². The minimum absolute atomic E-state index is 0.0312. The Hall–Kier alpha value is -2.33. The Morgan fingerprint density at radius 1 is 1.13 bits per heavy atom. The van der Waals surface area contributed by atoms with Gasteiger partial charge in [-0.05, 0) is 50.2 Å². The van der Waals surface area contributed by atoms with E-state index in [1.54, 1.807) is 30.3 Å². The van der Waals surface area contributed by atoms with Crippen molar-refractivity contribution in [1.82, 2.24) is 19.2 Å². The predicted octanol–water partition coefficient (Wildman–Crippen LogP) is 3.38. The summed E-state index contributed by atoms with van der Waals surface area (Å²) in [6.07, 6.45) is 0. The number of phenolic OH excluding ortho intramolecular Hbond substituents is 1. The van der Waals surface area contributed by atoms with Crippen molar-refractivity contribution >= 4 is 44.3 Å². The first-order chi connectivity index (χ1) is 14.2. The van der Waals surface area contributed by atoms with Gasteiger partial charge in [0.05, 0.1) is 21.6 Å². The number of nitrogens with zero attached hydrogens (tertiary/aromatic N) is 3. The van der Waals surface area contributed by atoms with Crippen LogP contribution in [0.3, 0.4) is 0 Å². The highest BCUT2D eigenvalue weighted by Crippen LogP contribution is 2.30. The Morgan fingerprint density at radius 2 is 1.87 bits per heavy atom. The van der Waals surface area contributed by atoms with Gasteiger partial charge in [0.15, 0.2) is 0 Å². The molecule has 2 heterocycles. The van der Waals surface area contributed by atoms with Crippen LogP contribution in [0, 0.1) is 0 Å². The lowest BCUT2D eigenvalue weighted by Gasteiger charge is -2.36. The molecule has 30 heavy (non-hydrogen) atoms. The van der Waals surface area contributed by atoms with Gasteiger partial charge in [-0.1, -0.05) is 11.6 Å². The zero-order chi connectivity index (χ0) is 21.5. The fraction of sp³-hybridized carbons (Fsp3) is 0.350. The van der Waals surface area contributed by atoms with Crippen molar-refractivity contribution in [3.05, 3.63) is 41.4 Å². The minimum atomic E-state index is -3.59. The van der Waals surface area contributed by atoms with Crippen molar-refractivity contribution in [3.8, 4) is 5.75 Å². The molecule has 4 rings (SSSR count). The van der Waals surface area contributed by atoms with E-state index in [0.717, 1.165) is 13.1 Å². The van der Waals surface area contributed by atoms with E-state index in [2.05, 4.69) is 34.0 Å². The highest BCUT2D eigenvalue weighted by atomic mass is 35.5. The van der Waals surface area contributed by atoms with Crippen LogP contribution < -0.4 is 5.32 Å². The maximum Gasteiger partial charge on any atom is 0.243 e. The molecule has 160 valence electrons. The molecule has 0 bridgehead atoms. The summed E-state index contributed by atoms with van der Waals surface area (Å²) in [5.41, 5.74) is 1.60. The molecule has 0 radical (unpaired) electrons. The number of hydrogen-bond acceptors (Lipinski definition) is 6. The molecule has 8 nitrogen and oxygen atoms in total. The van der Waals surface area contributed by atoms with Crippen LogP contribution in [0.15, 0.2) is 41.3 Å². The van der Waals surface area contributed by atoms with Crippen molar-refractivity contribution in [2.24, 2.45) is 0 Å². The molecule has 1 aliphatic heterocycles. The molecule has 0 saturated carbocycles. The van der Waals surface area contributed by atoms with Gasteiger partial charge in [0.1, 0.15) is 5.75 Å². The fourth-order valence-corrected chi connectivity index (χ4v) is 5.17. The number of aromatic amines is 1. The monoisotopic (exact) mass is 449 g/mol. The molecule has 2 aromatic carbocycles. The van der Waals surface area contributed by atoms with Gasteiger partial charge in [-0.15, -0.1) is 0 Å². The van der Waals surface area contributed by atoms with Crippen molar-refractivity contribution in [1.29, 1.82) is 0 Å². The Bertz CT molecular complexity index is 1170. The van der Waals surface area contributed by atoms with Gasteiger partial charge in [-0.2, -0.15) is 4.31 Å². The van der Waals surface area contributed by atoms with Gasteiger partial charge in [0, 0.05) is 37.2 Å². The summed E-state index contributed by atoms with van der Waals surface area (Å²) in [6, 6.07) is 9.90. The van der Waals surface area contributed by atoms with Crippen LogP contribution in [0.2, 0.25) is 5.02 Å². The van der Waals surface area contributed by atoms with Gasteiger partial charge < -0.3 is 15.4 Å². The second-order valence-electron chi connectivity index (χ2n) is 7.58. The van der Waals surface area contributed by atoms with Crippen molar-refractivity contribution in [3.63, 3.8) is 0 Å². The minimum Gasteiger partial charge on any atom is -0.506 e. The summed E-state index contributed by atoms with van der Waals surface area (Å²) in [4.78, 5) is 9.99. The molecule has 1 fully saturated rings. The molecule has 10 heteroatoms. The Morgan fingerprint density at radius 3 is 2.57 bits per heavy atom. The van der Waals surface area contributed by atoms with Crippen molar-refractivity contribution in [2.75, 3.05) is 31.5 Å². The molecule has 0 amide bonds. The molecule has 3 N–H and O–H groups in total. The number of aromatic nitrogens is 2. The van der Waals surface area contributed by atoms with Crippen LogP contribution in [-0.2, 0) is 10.0 Å². The third kappa shape index (κ3) is 4.11. The van der Waals surface area contributed by atoms with Gasteiger partial charge in [0.2, 0.25) is 16.0 Å². The zero-order valence-electron chi connectivity index (χ0n) is 16.8. The fourth-order valence-electron chi connectivity index (χ4n) is 3.55. The Labute approximate surface area is 180 Å². The summed E-state index contributed by atoms with van der Waals surface area (Å²) in [5.74, 6) is 0.409. The van der Waals surface area contributed by atoms with E-state index < -0.39 is 10.0 Å². The number of anilines is 2. The number of H-pyrrole nitrogens is 1. The third-order valence-electron chi connectivity index (χ3n) is 5.31. The third-order valence-corrected chi connectivity index (χ3v) is 7.44. The SMILES string of the molecule is CC(C)N1CCN(S(=O)(=O)c2ccc3[nH]c(Nc4cc(Cl)ccc4O)nc3c2)CC1. The molecule has 3 aromatic rings. The second kappa shape index (κ2) is 8.07. The topological polar surface area (TPSA) is 102 Å². The zero-order valence-corrected chi connectivity index (χ0v) is 18.3. The number of nitrogens with one attached hydrogen (secondary N) is 2. The summed E-state index contributed by atoms with van der Waals surface area (Å²) in [6.45, 7) is 6.62. The molecule has 0 atom stereocenters. The van der Waals surface area contributed by atoms with Gasteiger partial charge in [-0.3, -0.25) is 4.90 Å². The first-order valence-electron chi connectivity index (χ1n) is 9.73. The maximum atomic E-state index is 13.1. The average Bonchev–Trinajstić information content (AvgIpc) is 3.12. The van der Waals surface area contributed by atoms with Gasteiger partial charge >= 0.3 is 0 Å².